The van der Waals surface area contributed by atoms with Gasteiger partial charge in [0.1, 0.15) is 0 Å². The summed E-state index contributed by atoms with van der Waals surface area (Å²) in [6.07, 6.45) is 6.98. The van der Waals surface area contributed by atoms with Crippen molar-refractivity contribution in [1.82, 2.24) is 19.9 Å². The Hall–Kier alpha value is -2.69. The smallest absolute Gasteiger partial charge is 0.220 e. The summed E-state index contributed by atoms with van der Waals surface area (Å²) in [6.45, 7) is 4.71. The molecule has 0 fully saturated rings. The molecule has 25 heavy (non-hydrogen) atoms. The van der Waals surface area contributed by atoms with Gasteiger partial charge >= 0.3 is 0 Å². The molecule has 3 aromatic rings. The van der Waals surface area contributed by atoms with Crippen LogP contribution in [0, 0.1) is 13.8 Å². The number of nitrogens with one attached hydrogen (secondary N) is 1. The third-order valence-electron chi connectivity index (χ3n) is 4.18. The predicted molar refractivity (Wildman–Crippen MR) is 98.6 cm³/mol. The highest BCUT2D eigenvalue weighted by molar-refractivity contribution is 5.76. The van der Waals surface area contributed by atoms with E-state index < -0.39 is 0 Å². The molecule has 2 heterocycles. The highest BCUT2D eigenvalue weighted by Gasteiger charge is 2.04. The number of hydrogen-bond donors (Lipinski definition) is 1. The average molecular weight is 336 g/mol. The van der Waals surface area contributed by atoms with Gasteiger partial charge in [-0.2, -0.15) is 5.10 Å². The zero-order valence-corrected chi connectivity index (χ0v) is 14.8. The van der Waals surface area contributed by atoms with Crippen LogP contribution < -0.4 is 5.32 Å². The minimum atomic E-state index is 0.109. The first-order valence-electron chi connectivity index (χ1n) is 8.73. The predicted octanol–water partition coefficient (Wildman–Crippen LogP) is 3.03. The molecule has 0 saturated carbocycles. The molecule has 2 aromatic heterocycles. The molecule has 0 saturated heterocycles. The lowest BCUT2D eigenvalue weighted by atomic mass is 10.1. The summed E-state index contributed by atoms with van der Waals surface area (Å²) in [4.78, 5) is 16.4. The van der Waals surface area contributed by atoms with Crippen LogP contribution in [0.2, 0.25) is 0 Å². The van der Waals surface area contributed by atoms with Crippen LogP contribution in [0.5, 0.6) is 0 Å². The van der Waals surface area contributed by atoms with Crippen molar-refractivity contribution in [1.29, 1.82) is 0 Å². The number of benzene rings is 1. The van der Waals surface area contributed by atoms with E-state index in [1.807, 2.05) is 36.0 Å². The van der Waals surface area contributed by atoms with Crippen molar-refractivity contribution in [3.63, 3.8) is 0 Å². The van der Waals surface area contributed by atoms with Gasteiger partial charge in [0.25, 0.3) is 0 Å². The molecule has 0 atom stereocenters. The molecule has 0 aliphatic rings. The summed E-state index contributed by atoms with van der Waals surface area (Å²) in [6, 6.07) is 10.3. The van der Waals surface area contributed by atoms with Crippen LogP contribution in [0.1, 0.15) is 35.2 Å². The molecule has 0 aliphatic heterocycles. The zero-order chi connectivity index (χ0) is 17.6. The largest absolute Gasteiger partial charge is 0.356 e. The second kappa shape index (κ2) is 7.92. The number of aryl methyl sites for hydroxylation is 4. The van der Waals surface area contributed by atoms with Gasteiger partial charge in [0, 0.05) is 31.4 Å². The Kier molecular flexibility index (Phi) is 5.43. The maximum absolute atomic E-state index is 12.0. The van der Waals surface area contributed by atoms with E-state index in [-0.39, 0.29) is 5.91 Å². The summed E-state index contributed by atoms with van der Waals surface area (Å²) >= 11 is 0. The first-order chi connectivity index (χ1) is 12.1. The Morgan fingerprint density at radius 3 is 2.88 bits per heavy atom. The van der Waals surface area contributed by atoms with E-state index in [0.29, 0.717) is 13.0 Å². The molecular formula is C20H24N4O. The van der Waals surface area contributed by atoms with Crippen molar-refractivity contribution in [2.75, 3.05) is 6.54 Å². The van der Waals surface area contributed by atoms with Crippen molar-refractivity contribution in [3.8, 4) is 0 Å². The quantitative estimate of drug-likeness (QED) is 0.675. The number of hydrogen-bond acceptors (Lipinski definition) is 3. The van der Waals surface area contributed by atoms with Gasteiger partial charge in [-0.3, -0.25) is 4.79 Å². The van der Waals surface area contributed by atoms with E-state index in [2.05, 4.69) is 40.5 Å². The van der Waals surface area contributed by atoms with Gasteiger partial charge in [-0.25, -0.2) is 9.50 Å². The minimum Gasteiger partial charge on any atom is -0.356 e. The molecule has 1 amide bonds. The van der Waals surface area contributed by atoms with Crippen LogP contribution >= 0.6 is 0 Å². The van der Waals surface area contributed by atoms with Crippen molar-refractivity contribution in [2.24, 2.45) is 0 Å². The molecule has 0 spiro atoms. The molecule has 0 radical (unpaired) electrons. The molecule has 3 rings (SSSR count). The summed E-state index contributed by atoms with van der Waals surface area (Å²) < 4.78 is 1.81. The molecule has 1 N–H and O–H groups in total. The summed E-state index contributed by atoms with van der Waals surface area (Å²) in [7, 11) is 0. The number of carbonyl (C=O) groups is 1. The Balaban J connectivity index is 1.39. The molecule has 0 aliphatic carbocycles. The van der Waals surface area contributed by atoms with Gasteiger partial charge in [0.2, 0.25) is 5.91 Å². The highest BCUT2D eigenvalue weighted by atomic mass is 16.1. The maximum atomic E-state index is 12.0. The first kappa shape index (κ1) is 17.1. The van der Waals surface area contributed by atoms with Crippen LogP contribution in [-0.4, -0.2) is 27.0 Å². The lowest BCUT2D eigenvalue weighted by Gasteiger charge is -2.06. The molecular weight excluding hydrogens is 312 g/mol. The Bertz CT molecular complexity index is 869. The van der Waals surface area contributed by atoms with Gasteiger partial charge in [-0.05, 0) is 44.2 Å². The van der Waals surface area contributed by atoms with Crippen LogP contribution in [-0.2, 0) is 17.6 Å². The van der Waals surface area contributed by atoms with Crippen LogP contribution in [0.4, 0.5) is 0 Å². The van der Waals surface area contributed by atoms with Crippen molar-refractivity contribution in [2.45, 2.75) is 39.5 Å². The lowest BCUT2D eigenvalue weighted by Crippen LogP contribution is -2.25. The number of nitrogens with zero attached hydrogens (tertiary/aromatic N) is 3. The third-order valence-corrected chi connectivity index (χ3v) is 4.18. The van der Waals surface area contributed by atoms with E-state index in [9.17, 15) is 4.79 Å². The Labute approximate surface area is 148 Å². The highest BCUT2D eigenvalue weighted by Crippen LogP contribution is 2.08. The van der Waals surface area contributed by atoms with Crippen molar-refractivity contribution in [3.05, 3.63) is 65.1 Å². The Morgan fingerprint density at radius 2 is 2.04 bits per heavy atom. The molecule has 1 aromatic carbocycles. The fraction of sp³-hybridized carbons (Fsp3) is 0.350. The number of fused-ring (bicyclic) bond motifs is 1. The summed E-state index contributed by atoms with van der Waals surface area (Å²) in [5.41, 5.74) is 5.40. The van der Waals surface area contributed by atoms with Crippen molar-refractivity contribution >= 4 is 11.6 Å². The molecule has 130 valence electrons. The van der Waals surface area contributed by atoms with E-state index in [0.717, 1.165) is 36.2 Å². The number of amides is 1. The van der Waals surface area contributed by atoms with Gasteiger partial charge in [0.15, 0.2) is 5.65 Å². The van der Waals surface area contributed by atoms with E-state index >= 15 is 0 Å². The normalized spacial score (nSPS) is 11.0. The number of aromatic nitrogens is 3. The topological polar surface area (TPSA) is 59.3 Å². The van der Waals surface area contributed by atoms with Gasteiger partial charge in [-0.1, -0.05) is 29.8 Å². The summed E-state index contributed by atoms with van der Waals surface area (Å²) in [5, 5.41) is 7.37. The first-order valence-corrected chi connectivity index (χ1v) is 8.73. The molecule has 5 heteroatoms. The van der Waals surface area contributed by atoms with Gasteiger partial charge < -0.3 is 5.32 Å². The molecule has 0 bridgehead atoms. The second-order valence-electron chi connectivity index (χ2n) is 6.49. The average Bonchev–Trinajstić information content (AvgIpc) is 2.96. The summed E-state index contributed by atoms with van der Waals surface area (Å²) in [5.74, 6) is 0.109. The van der Waals surface area contributed by atoms with E-state index in [1.165, 1.54) is 11.1 Å². The second-order valence-corrected chi connectivity index (χ2v) is 6.49. The zero-order valence-electron chi connectivity index (χ0n) is 14.8. The van der Waals surface area contributed by atoms with E-state index in [4.69, 9.17) is 0 Å². The van der Waals surface area contributed by atoms with Gasteiger partial charge in [-0.15, -0.1) is 0 Å². The number of carbonyl (C=O) groups excluding carboxylic acids is 1. The number of rotatable bonds is 7. The van der Waals surface area contributed by atoms with Crippen LogP contribution in [0.25, 0.3) is 5.65 Å². The van der Waals surface area contributed by atoms with E-state index in [1.54, 1.807) is 0 Å². The molecule has 0 unspecified atom stereocenters. The fourth-order valence-corrected chi connectivity index (χ4v) is 2.90. The monoisotopic (exact) mass is 336 g/mol. The Morgan fingerprint density at radius 1 is 1.16 bits per heavy atom. The lowest BCUT2D eigenvalue weighted by molar-refractivity contribution is -0.121. The SMILES string of the molecule is Cc1cccc(CCC(=O)NCCCc2cnc3cc(C)nn3c2)c1. The van der Waals surface area contributed by atoms with Crippen molar-refractivity contribution < 1.29 is 4.79 Å². The van der Waals surface area contributed by atoms with Crippen LogP contribution in [0.15, 0.2) is 42.7 Å². The van der Waals surface area contributed by atoms with Crippen LogP contribution in [0.3, 0.4) is 0 Å². The maximum Gasteiger partial charge on any atom is 0.220 e. The third kappa shape index (κ3) is 4.89. The fourth-order valence-electron chi connectivity index (χ4n) is 2.90. The minimum absolute atomic E-state index is 0.109. The molecule has 5 nitrogen and oxygen atoms in total. The standard InChI is InChI=1S/C20H24N4O/c1-15-5-3-6-17(11-15)8-9-20(25)21-10-4-7-18-13-22-19-12-16(2)23-24(19)14-18/h3,5-6,11-14H,4,7-10H2,1-2H3,(H,21,25). The van der Waals surface area contributed by atoms with Gasteiger partial charge in [0.05, 0.1) is 5.69 Å².